The second-order valence-corrected chi connectivity index (χ2v) is 7.32. The molecule has 1 amide bonds. The van der Waals surface area contributed by atoms with Crippen molar-refractivity contribution in [3.63, 3.8) is 0 Å². The Balaban J connectivity index is 1.44. The van der Waals surface area contributed by atoms with Gasteiger partial charge in [0.15, 0.2) is 5.13 Å². The normalized spacial score (nSPS) is 14.3. The number of anilines is 1. The highest BCUT2D eigenvalue weighted by Crippen LogP contribution is 2.30. The molecule has 0 saturated carbocycles. The van der Waals surface area contributed by atoms with Crippen molar-refractivity contribution in [3.8, 4) is 5.75 Å². The number of carbonyl (C=O) groups excluding carboxylic acids is 1. The van der Waals surface area contributed by atoms with Crippen LogP contribution in [0.1, 0.15) is 15.9 Å². The number of thiazole rings is 1. The molecule has 0 spiro atoms. The highest BCUT2D eigenvalue weighted by atomic mass is 32.1. The first-order valence-electron chi connectivity index (χ1n) is 8.87. The van der Waals surface area contributed by atoms with Crippen LogP contribution in [0.4, 0.5) is 5.13 Å². The van der Waals surface area contributed by atoms with Gasteiger partial charge in [-0.25, -0.2) is 4.98 Å². The van der Waals surface area contributed by atoms with Crippen molar-refractivity contribution in [2.75, 3.05) is 38.3 Å². The minimum Gasteiger partial charge on any atom is -0.497 e. The fourth-order valence-electron chi connectivity index (χ4n) is 2.97. The van der Waals surface area contributed by atoms with Crippen LogP contribution in [0.5, 0.6) is 5.75 Å². The summed E-state index contributed by atoms with van der Waals surface area (Å²) in [6.45, 7) is 3.65. The van der Waals surface area contributed by atoms with Crippen molar-refractivity contribution < 1.29 is 14.3 Å². The molecule has 3 aromatic rings. The second kappa shape index (κ2) is 7.94. The topological polar surface area (TPSA) is 63.7 Å². The lowest BCUT2D eigenvalue weighted by molar-refractivity contribution is 0.0951. The molecule has 27 heavy (non-hydrogen) atoms. The zero-order valence-corrected chi connectivity index (χ0v) is 15.9. The van der Waals surface area contributed by atoms with Crippen molar-refractivity contribution in [1.29, 1.82) is 0 Å². The van der Waals surface area contributed by atoms with Crippen molar-refractivity contribution in [2.45, 2.75) is 6.54 Å². The summed E-state index contributed by atoms with van der Waals surface area (Å²) in [7, 11) is 1.64. The van der Waals surface area contributed by atoms with E-state index in [2.05, 4.69) is 10.2 Å². The van der Waals surface area contributed by atoms with E-state index >= 15 is 0 Å². The van der Waals surface area contributed by atoms with Gasteiger partial charge in [-0.3, -0.25) is 4.79 Å². The Morgan fingerprint density at radius 1 is 1.22 bits per heavy atom. The molecule has 1 aromatic heterocycles. The van der Waals surface area contributed by atoms with Crippen LogP contribution in [0, 0.1) is 0 Å². The van der Waals surface area contributed by atoms with E-state index in [1.807, 2.05) is 42.5 Å². The lowest BCUT2D eigenvalue weighted by Crippen LogP contribution is -2.36. The van der Waals surface area contributed by atoms with Crippen LogP contribution in [0.15, 0.2) is 42.5 Å². The predicted molar refractivity (Wildman–Crippen MR) is 107 cm³/mol. The summed E-state index contributed by atoms with van der Waals surface area (Å²) in [6, 6.07) is 13.3. The van der Waals surface area contributed by atoms with Crippen LogP contribution < -0.4 is 15.0 Å². The van der Waals surface area contributed by atoms with Gasteiger partial charge in [-0.1, -0.05) is 23.5 Å². The van der Waals surface area contributed by atoms with E-state index in [-0.39, 0.29) is 5.91 Å². The van der Waals surface area contributed by atoms with E-state index in [1.165, 1.54) is 0 Å². The van der Waals surface area contributed by atoms with E-state index in [1.54, 1.807) is 18.4 Å². The van der Waals surface area contributed by atoms with Gasteiger partial charge >= 0.3 is 0 Å². The zero-order valence-electron chi connectivity index (χ0n) is 15.1. The number of hydrogen-bond donors (Lipinski definition) is 1. The average Bonchev–Trinajstić information content (AvgIpc) is 3.16. The fourth-order valence-corrected chi connectivity index (χ4v) is 4.03. The van der Waals surface area contributed by atoms with Crippen molar-refractivity contribution in [3.05, 3.63) is 53.6 Å². The number of nitrogens with zero attached hydrogens (tertiary/aromatic N) is 2. The minimum atomic E-state index is -0.0889. The molecule has 0 atom stereocenters. The molecule has 6 nitrogen and oxygen atoms in total. The Labute approximate surface area is 161 Å². The molecule has 2 aromatic carbocycles. The highest BCUT2D eigenvalue weighted by molar-refractivity contribution is 7.22. The summed E-state index contributed by atoms with van der Waals surface area (Å²) in [5.41, 5.74) is 2.60. The van der Waals surface area contributed by atoms with Gasteiger partial charge in [-0.15, -0.1) is 0 Å². The third-order valence-corrected chi connectivity index (χ3v) is 5.61. The zero-order chi connectivity index (χ0) is 18.6. The Hall–Kier alpha value is -2.64. The van der Waals surface area contributed by atoms with Gasteiger partial charge in [0.2, 0.25) is 0 Å². The van der Waals surface area contributed by atoms with Gasteiger partial charge in [0.1, 0.15) is 5.75 Å². The summed E-state index contributed by atoms with van der Waals surface area (Å²) in [5, 5.41) is 3.96. The van der Waals surface area contributed by atoms with E-state index in [0.29, 0.717) is 12.1 Å². The number of aromatic nitrogens is 1. The number of ether oxygens (including phenoxy) is 2. The van der Waals surface area contributed by atoms with Crippen LogP contribution in [-0.4, -0.2) is 44.3 Å². The maximum atomic E-state index is 12.5. The average molecular weight is 383 g/mol. The molecule has 1 N–H and O–H groups in total. The van der Waals surface area contributed by atoms with Gasteiger partial charge in [0, 0.05) is 25.2 Å². The minimum absolute atomic E-state index is 0.0889. The Morgan fingerprint density at radius 3 is 2.74 bits per heavy atom. The van der Waals surface area contributed by atoms with Crippen LogP contribution in [-0.2, 0) is 11.3 Å². The molecule has 1 fully saturated rings. The van der Waals surface area contributed by atoms with E-state index in [9.17, 15) is 4.79 Å². The molecule has 2 heterocycles. The molecule has 4 rings (SSSR count). The Bertz CT molecular complexity index is 933. The lowest BCUT2D eigenvalue weighted by Gasteiger charge is -2.25. The lowest BCUT2D eigenvalue weighted by atomic mass is 10.2. The van der Waals surface area contributed by atoms with Gasteiger partial charge in [0.05, 0.1) is 30.5 Å². The smallest absolute Gasteiger partial charge is 0.251 e. The van der Waals surface area contributed by atoms with E-state index in [0.717, 1.165) is 53.0 Å². The molecular formula is C20H21N3O3S. The number of nitrogens with one attached hydrogen (secondary N) is 1. The summed E-state index contributed by atoms with van der Waals surface area (Å²) in [5.74, 6) is 0.714. The molecule has 0 bridgehead atoms. The van der Waals surface area contributed by atoms with Gasteiger partial charge in [-0.2, -0.15) is 0 Å². The SMILES string of the molecule is COc1ccc(CNC(=O)c2ccc3nc(N4CCOCC4)sc3c2)cc1. The standard InChI is InChI=1S/C20H21N3O3S/c1-25-16-5-2-14(3-6-16)13-21-19(24)15-4-7-17-18(12-15)27-20(22-17)23-8-10-26-11-9-23/h2-7,12H,8-11,13H2,1H3,(H,21,24). The number of hydrogen-bond acceptors (Lipinski definition) is 6. The van der Waals surface area contributed by atoms with Crippen LogP contribution in [0.25, 0.3) is 10.2 Å². The number of amides is 1. The first-order chi connectivity index (χ1) is 13.2. The third-order valence-electron chi connectivity index (χ3n) is 4.53. The summed E-state index contributed by atoms with van der Waals surface area (Å²) >= 11 is 1.62. The number of rotatable bonds is 5. The molecule has 1 saturated heterocycles. The summed E-state index contributed by atoms with van der Waals surface area (Å²) in [4.78, 5) is 19.4. The van der Waals surface area contributed by atoms with Crippen molar-refractivity contribution in [2.24, 2.45) is 0 Å². The van der Waals surface area contributed by atoms with Crippen molar-refractivity contribution in [1.82, 2.24) is 10.3 Å². The molecular weight excluding hydrogens is 362 g/mol. The molecule has 7 heteroatoms. The molecule has 0 radical (unpaired) electrons. The number of benzene rings is 2. The number of carbonyl (C=O) groups is 1. The quantitative estimate of drug-likeness (QED) is 0.734. The second-order valence-electron chi connectivity index (χ2n) is 6.31. The maximum Gasteiger partial charge on any atom is 0.251 e. The molecule has 0 unspecified atom stereocenters. The maximum absolute atomic E-state index is 12.5. The number of morpholine rings is 1. The summed E-state index contributed by atoms with van der Waals surface area (Å²) in [6.07, 6.45) is 0. The van der Waals surface area contributed by atoms with Gasteiger partial charge in [-0.05, 0) is 35.9 Å². The van der Waals surface area contributed by atoms with Crippen LogP contribution in [0.3, 0.4) is 0 Å². The highest BCUT2D eigenvalue weighted by Gasteiger charge is 2.16. The fraction of sp³-hybridized carbons (Fsp3) is 0.300. The monoisotopic (exact) mass is 383 g/mol. The molecule has 1 aliphatic rings. The molecule has 1 aliphatic heterocycles. The van der Waals surface area contributed by atoms with Crippen molar-refractivity contribution >= 4 is 32.6 Å². The largest absolute Gasteiger partial charge is 0.497 e. The number of methoxy groups -OCH3 is 1. The molecule has 0 aliphatic carbocycles. The Morgan fingerprint density at radius 2 is 2.00 bits per heavy atom. The summed E-state index contributed by atoms with van der Waals surface area (Å²) < 4.78 is 11.6. The number of fused-ring (bicyclic) bond motifs is 1. The van der Waals surface area contributed by atoms with E-state index in [4.69, 9.17) is 14.5 Å². The van der Waals surface area contributed by atoms with Crippen LogP contribution >= 0.6 is 11.3 Å². The molecule has 140 valence electrons. The van der Waals surface area contributed by atoms with Gasteiger partial charge in [0.25, 0.3) is 5.91 Å². The van der Waals surface area contributed by atoms with Crippen LogP contribution in [0.2, 0.25) is 0 Å². The Kier molecular flexibility index (Phi) is 5.22. The first kappa shape index (κ1) is 17.8. The predicted octanol–water partition coefficient (Wildman–Crippen LogP) is 3.07. The van der Waals surface area contributed by atoms with Gasteiger partial charge < -0.3 is 19.7 Å². The first-order valence-corrected chi connectivity index (χ1v) is 9.69. The van der Waals surface area contributed by atoms with E-state index < -0.39 is 0 Å². The third kappa shape index (κ3) is 4.04.